The van der Waals surface area contributed by atoms with Crippen LogP contribution < -0.4 is 15.4 Å². The van der Waals surface area contributed by atoms with Crippen molar-refractivity contribution in [3.8, 4) is 5.75 Å². The average molecular weight is 274 g/mol. The zero-order chi connectivity index (χ0) is 13.9. The van der Waals surface area contributed by atoms with Gasteiger partial charge in [-0.3, -0.25) is 4.55 Å². The van der Waals surface area contributed by atoms with Crippen molar-refractivity contribution < 1.29 is 17.7 Å². The van der Waals surface area contributed by atoms with Crippen LogP contribution in [0, 0.1) is 0 Å². The predicted octanol–water partition coefficient (Wildman–Crippen LogP) is 1.37. The predicted molar refractivity (Wildman–Crippen MR) is 70.8 cm³/mol. The van der Waals surface area contributed by atoms with Crippen molar-refractivity contribution in [3.63, 3.8) is 0 Å². The maximum atomic E-state index is 11.3. The molecule has 0 aromatic heterocycles. The van der Waals surface area contributed by atoms with Crippen LogP contribution in [0.3, 0.4) is 0 Å². The smallest absolute Gasteiger partial charge is 0.296 e. The molecule has 0 aliphatic heterocycles. The number of nitrogens with two attached hydrogens (primary N) is 1. The molecule has 102 valence electrons. The summed E-state index contributed by atoms with van der Waals surface area (Å²) in [4.78, 5) is 1.60. The van der Waals surface area contributed by atoms with Crippen LogP contribution in [0.15, 0.2) is 17.0 Å². The molecule has 0 aliphatic carbocycles. The van der Waals surface area contributed by atoms with Gasteiger partial charge >= 0.3 is 0 Å². The molecule has 0 spiro atoms. The van der Waals surface area contributed by atoms with E-state index in [1.165, 1.54) is 13.2 Å². The molecule has 0 aliphatic rings. The first kappa shape index (κ1) is 14.6. The molecule has 6 nitrogen and oxygen atoms in total. The third-order valence-corrected chi connectivity index (χ3v) is 3.61. The monoisotopic (exact) mass is 274 g/mol. The van der Waals surface area contributed by atoms with Crippen molar-refractivity contribution >= 4 is 21.5 Å². The first-order chi connectivity index (χ1) is 8.35. The van der Waals surface area contributed by atoms with E-state index in [0.29, 0.717) is 18.8 Å². The Kier molecular flexibility index (Phi) is 4.42. The zero-order valence-electron chi connectivity index (χ0n) is 10.7. The van der Waals surface area contributed by atoms with E-state index >= 15 is 0 Å². The lowest BCUT2D eigenvalue weighted by atomic mass is 10.2. The van der Waals surface area contributed by atoms with Crippen LogP contribution in [-0.2, 0) is 10.1 Å². The van der Waals surface area contributed by atoms with Crippen LogP contribution in [0.25, 0.3) is 0 Å². The van der Waals surface area contributed by atoms with Crippen molar-refractivity contribution in [2.75, 3.05) is 30.8 Å². The van der Waals surface area contributed by atoms with Gasteiger partial charge in [-0.2, -0.15) is 8.42 Å². The highest BCUT2D eigenvalue weighted by Gasteiger charge is 2.20. The largest absolute Gasteiger partial charge is 0.494 e. The van der Waals surface area contributed by atoms with Gasteiger partial charge in [0.1, 0.15) is 10.6 Å². The second-order valence-electron chi connectivity index (χ2n) is 3.71. The first-order valence-corrected chi connectivity index (χ1v) is 6.99. The van der Waals surface area contributed by atoms with Crippen LogP contribution in [0.1, 0.15) is 13.8 Å². The Labute approximate surface area is 107 Å². The summed E-state index contributed by atoms with van der Waals surface area (Å²) in [5, 5.41) is 0. The van der Waals surface area contributed by atoms with E-state index in [9.17, 15) is 8.42 Å². The summed E-state index contributed by atoms with van der Waals surface area (Å²) in [7, 11) is -2.98. The Hall–Kier alpha value is -1.47. The van der Waals surface area contributed by atoms with Crippen molar-refractivity contribution in [2.45, 2.75) is 18.7 Å². The number of hydrogen-bond donors (Lipinski definition) is 2. The highest BCUT2D eigenvalue weighted by molar-refractivity contribution is 7.86. The summed E-state index contributed by atoms with van der Waals surface area (Å²) in [6, 6.07) is 3.00. The molecule has 0 radical (unpaired) electrons. The number of rotatable bonds is 5. The molecule has 0 bridgehead atoms. The van der Waals surface area contributed by atoms with E-state index in [1.54, 1.807) is 6.07 Å². The van der Waals surface area contributed by atoms with Crippen molar-refractivity contribution in [1.82, 2.24) is 0 Å². The van der Waals surface area contributed by atoms with Crippen LogP contribution in [-0.4, -0.2) is 33.2 Å². The van der Waals surface area contributed by atoms with Crippen LogP contribution in [0.4, 0.5) is 11.4 Å². The second-order valence-corrected chi connectivity index (χ2v) is 5.10. The van der Waals surface area contributed by atoms with Crippen molar-refractivity contribution in [3.05, 3.63) is 12.1 Å². The fraction of sp³-hybridized carbons (Fsp3) is 0.455. The van der Waals surface area contributed by atoms with Gasteiger partial charge in [0.15, 0.2) is 0 Å². The quantitative estimate of drug-likeness (QED) is 0.622. The van der Waals surface area contributed by atoms with E-state index in [-0.39, 0.29) is 16.3 Å². The van der Waals surface area contributed by atoms with Gasteiger partial charge in [0.05, 0.1) is 12.8 Å². The Morgan fingerprint density at radius 2 is 1.89 bits per heavy atom. The van der Waals surface area contributed by atoms with Gasteiger partial charge in [0.25, 0.3) is 10.1 Å². The van der Waals surface area contributed by atoms with E-state index in [0.717, 1.165) is 0 Å². The van der Waals surface area contributed by atoms with E-state index in [4.69, 9.17) is 15.0 Å². The third kappa shape index (κ3) is 2.85. The van der Waals surface area contributed by atoms with Gasteiger partial charge in [0.2, 0.25) is 0 Å². The lowest BCUT2D eigenvalue weighted by Crippen LogP contribution is -2.22. The molecule has 0 atom stereocenters. The molecule has 3 N–H and O–H groups in total. The fourth-order valence-corrected chi connectivity index (χ4v) is 2.39. The zero-order valence-corrected chi connectivity index (χ0v) is 11.5. The lowest BCUT2D eigenvalue weighted by molar-refractivity contribution is 0.415. The minimum Gasteiger partial charge on any atom is -0.494 e. The summed E-state index contributed by atoms with van der Waals surface area (Å²) >= 11 is 0. The Morgan fingerprint density at radius 3 is 2.28 bits per heavy atom. The number of nitrogens with zero attached hydrogens (tertiary/aromatic N) is 1. The van der Waals surface area contributed by atoms with Gasteiger partial charge in [-0.1, -0.05) is 0 Å². The summed E-state index contributed by atoms with van der Waals surface area (Å²) in [5.74, 6) is 0.229. The molecule has 0 fully saturated rings. The molecule has 0 saturated heterocycles. The minimum atomic E-state index is -4.37. The Bertz CT molecular complexity index is 524. The van der Waals surface area contributed by atoms with Gasteiger partial charge < -0.3 is 15.4 Å². The molecule has 7 heteroatoms. The molecular weight excluding hydrogens is 256 g/mol. The summed E-state index contributed by atoms with van der Waals surface area (Å²) < 4.78 is 36.7. The van der Waals surface area contributed by atoms with Crippen molar-refractivity contribution in [1.29, 1.82) is 0 Å². The topological polar surface area (TPSA) is 92.9 Å². The van der Waals surface area contributed by atoms with Crippen LogP contribution in [0.5, 0.6) is 5.75 Å². The molecule has 0 amide bonds. The van der Waals surface area contributed by atoms with Crippen LogP contribution in [0.2, 0.25) is 0 Å². The number of benzene rings is 1. The van der Waals surface area contributed by atoms with Gasteiger partial charge in [-0.15, -0.1) is 0 Å². The maximum Gasteiger partial charge on any atom is 0.296 e. The summed E-state index contributed by atoms with van der Waals surface area (Å²) in [6.45, 7) is 5.29. The molecule has 18 heavy (non-hydrogen) atoms. The SMILES string of the molecule is CCN(CC)c1cc(OC)c(N)c(S(=O)(=O)O)c1. The minimum absolute atomic E-state index is 0.0871. The Morgan fingerprint density at radius 1 is 1.33 bits per heavy atom. The van der Waals surface area contributed by atoms with E-state index in [1.807, 2.05) is 18.7 Å². The molecular formula is C11H18N2O4S. The summed E-state index contributed by atoms with van der Waals surface area (Å²) in [6.07, 6.45) is 0. The summed E-state index contributed by atoms with van der Waals surface area (Å²) in [5.41, 5.74) is 6.20. The maximum absolute atomic E-state index is 11.3. The van der Waals surface area contributed by atoms with Crippen LogP contribution >= 0.6 is 0 Å². The van der Waals surface area contributed by atoms with Gasteiger partial charge in [0, 0.05) is 24.8 Å². The highest BCUT2D eigenvalue weighted by Crippen LogP contribution is 2.34. The number of anilines is 2. The number of nitrogen functional groups attached to an aromatic ring is 1. The molecule has 0 heterocycles. The highest BCUT2D eigenvalue weighted by atomic mass is 32.2. The molecule has 1 rings (SSSR count). The lowest BCUT2D eigenvalue weighted by Gasteiger charge is -2.23. The normalized spacial score (nSPS) is 11.3. The molecule has 1 aromatic rings. The van der Waals surface area contributed by atoms with E-state index < -0.39 is 10.1 Å². The van der Waals surface area contributed by atoms with E-state index in [2.05, 4.69) is 0 Å². The van der Waals surface area contributed by atoms with Crippen molar-refractivity contribution in [2.24, 2.45) is 0 Å². The number of hydrogen-bond acceptors (Lipinski definition) is 5. The molecule has 1 aromatic carbocycles. The average Bonchev–Trinajstić information content (AvgIpc) is 2.30. The first-order valence-electron chi connectivity index (χ1n) is 5.55. The van der Waals surface area contributed by atoms with Gasteiger partial charge in [-0.05, 0) is 19.9 Å². The Balaban J connectivity index is 3.49. The van der Waals surface area contributed by atoms with Gasteiger partial charge in [-0.25, -0.2) is 0 Å². The standard InChI is InChI=1S/C11H18N2O4S/c1-4-13(5-2)8-6-9(17-3)11(12)10(7-8)18(14,15)16/h6-7H,4-5,12H2,1-3H3,(H,14,15,16). The second kappa shape index (κ2) is 5.45. The third-order valence-electron chi connectivity index (χ3n) is 2.72. The molecule has 0 saturated carbocycles. The number of ether oxygens (including phenoxy) is 1. The fourth-order valence-electron chi connectivity index (χ4n) is 1.74. The number of methoxy groups -OCH3 is 1. The molecule has 0 unspecified atom stereocenters.